The molecule has 2 aliphatic rings. The molecule has 0 amide bonds. The zero-order chi connectivity index (χ0) is 14.2. The van der Waals surface area contributed by atoms with Crippen LogP contribution in [0.1, 0.15) is 20.8 Å². The van der Waals surface area contributed by atoms with Crippen LogP contribution in [-0.4, -0.2) is 69.1 Å². The third kappa shape index (κ3) is 3.66. The second-order valence-corrected chi connectivity index (χ2v) is 7.70. The highest BCUT2D eigenvalue weighted by molar-refractivity contribution is 7.87. The maximum absolute atomic E-state index is 12.4. The Labute approximate surface area is 116 Å². The van der Waals surface area contributed by atoms with Gasteiger partial charge in [0.25, 0.3) is 10.2 Å². The van der Waals surface area contributed by atoms with Crippen molar-refractivity contribution in [3.63, 3.8) is 0 Å². The van der Waals surface area contributed by atoms with E-state index in [2.05, 4.69) is 16.5 Å². The lowest BCUT2D eigenvalue weighted by molar-refractivity contribution is -0.0444. The lowest BCUT2D eigenvalue weighted by atomic mass is 10.1. The summed E-state index contributed by atoms with van der Waals surface area (Å²) in [4.78, 5) is 2.16. The van der Waals surface area contributed by atoms with Crippen LogP contribution in [-0.2, 0) is 14.9 Å². The van der Waals surface area contributed by atoms with E-state index >= 15 is 0 Å². The fourth-order valence-corrected chi connectivity index (χ4v) is 4.61. The normalized spacial score (nSPS) is 38.7. The zero-order valence-electron chi connectivity index (χ0n) is 12.2. The van der Waals surface area contributed by atoms with Gasteiger partial charge in [-0.1, -0.05) is 6.92 Å². The molecule has 2 aliphatic heterocycles. The summed E-state index contributed by atoms with van der Waals surface area (Å²) in [5.41, 5.74) is 0. The first-order valence-corrected chi connectivity index (χ1v) is 8.33. The molecule has 1 N–H and O–H groups in total. The van der Waals surface area contributed by atoms with Gasteiger partial charge in [-0.25, -0.2) is 0 Å². The molecule has 0 aliphatic carbocycles. The maximum atomic E-state index is 12.4. The van der Waals surface area contributed by atoms with Gasteiger partial charge in [0, 0.05) is 32.2 Å². The first-order chi connectivity index (χ1) is 8.78. The van der Waals surface area contributed by atoms with E-state index in [4.69, 9.17) is 4.74 Å². The monoisotopic (exact) mass is 291 g/mol. The van der Waals surface area contributed by atoms with E-state index in [0.717, 1.165) is 13.1 Å². The van der Waals surface area contributed by atoms with Crippen LogP contribution < -0.4 is 4.72 Å². The van der Waals surface area contributed by atoms with Crippen molar-refractivity contribution in [2.75, 3.05) is 33.2 Å². The van der Waals surface area contributed by atoms with E-state index in [1.54, 1.807) is 0 Å². The Kier molecular flexibility index (Phi) is 4.52. The van der Waals surface area contributed by atoms with E-state index in [1.807, 2.05) is 20.9 Å². The van der Waals surface area contributed by atoms with Gasteiger partial charge in [-0.3, -0.25) is 0 Å². The molecule has 0 saturated carbocycles. The van der Waals surface area contributed by atoms with Gasteiger partial charge < -0.3 is 9.64 Å². The first kappa shape index (κ1) is 15.2. The number of likely N-dealkylation sites (tertiary alicyclic amines) is 1. The van der Waals surface area contributed by atoms with Gasteiger partial charge in [0.2, 0.25) is 0 Å². The van der Waals surface area contributed by atoms with Crippen LogP contribution >= 0.6 is 0 Å². The minimum atomic E-state index is -3.41. The second kappa shape index (κ2) is 5.65. The third-order valence-corrected chi connectivity index (χ3v) is 5.40. The van der Waals surface area contributed by atoms with E-state index in [9.17, 15) is 8.42 Å². The SMILES string of the molecule is C[C@@H]1CN(S(=O)(=O)N[C@@H]2CN(C)C[C@H]2C)C[C@H](C)O1. The van der Waals surface area contributed by atoms with Crippen LogP contribution in [0.4, 0.5) is 0 Å². The lowest BCUT2D eigenvalue weighted by Gasteiger charge is -2.35. The van der Waals surface area contributed by atoms with Crippen LogP contribution in [0.15, 0.2) is 0 Å². The summed E-state index contributed by atoms with van der Waals surface area (Å²) in [7, 11) is -1.39. The van der Waals surface area contributed by atoms with Crippen LogP contribution in [0.3, 0.4) is 0 Å². The highest BCUT2D eigenvalue weighted by Crippen LogP contribution is 2.18. The highest BCUT2D eigenvalue weighted by atomic mass is 32.2. The number of nitrogens with zero attached hydrogens (tertiary/aromatic N) is 2. The average molecular weight is 291 g/mol. The summed E-state index contributed by atoms with van der Waals surface area (Å²) < 4.78 is 34.8. The molecule has 112 valence electrons. The number of morpholine rings is 1. The second-order valence-electron chi connectivity index (χ2n) is 6.00. The zero-order valence-corrected chi connectivity index (χ0v) is 13.0. The van der Waals surface area contributed by atoms with Crippen LogP contribution in [0, 0.1) is 5.92 Å². The Balaban J connectivity index is 2.02. The van der Waals surface area contributed by atoms with Gasteiger partial charge in [-0.05, 0) is 26.8 Å². The molecule has 0 radical (unpaired) electrons. The van der Waals surface area contributed by atoms with Crippen molar-refractivity contribution in [1.82, 2.24) is 13.9 Å². The number of likely N-dealkylation sites (N-methyl/N-ethyl adjacent to an activating group) is 1. The molecule has 0 aromatic carbocycles. The molecule has 2 rings (SSSR count). The molecule has 0 spiro atoms. The van der Waals surface area contributed by atoms with E-state index in [1.165, 1.54) is 4.31 Å². The summed E-state index contributed by atoms with van der Waals surface area (Å²) in [6.07, 6.45) is -0.104. The third-order valence-electron chi connectivity index (χ3n) is 3.82. The van der Waals surface area contributed by atoms with Gasteiger partial charge >= 0.3 is 0 Å². The van der Waals surface area contributed by atoms with Crippen LogP contribution in [0.5, 0.6) is 0 Å². The molecule has 0 aromatic rings. The van der Waals surface area contributed by atoms with Crippen LogP contribution in [0.2, 0.25) is 0 Å². The fraction of sp³-hybridized carbons (Fsp3) is 1.00. The molecule has 4 atom stereocenters. The lowest BCUT2D eigenvalue weighted by Crippen LogP contribution is -2.54. The van der Waals surface area contributed by atoms with Gasteiger partial charge in [-0.15, -0.1) is 0 Å². The Morgan fingerprint density at radius 2 is 1.63 bits per heavy atom. The Hall–Kier alpha value is -0.210. The molecular weight excluding hydrogens is 266 g/mol. The molecule has 2 saturated heterocycles. The van der Waals surface area contributed by atoms with Crippen molar-refractivity contribution in [1.29, 1.82) is 0 Å². The smallest absolute Gasteiger partial charge is 0.279 e. The molecule has 0 bridgehead atoms. The summed E-state index contributed by atoms with van der Waals surface area (Å²) >= 11 is 0. The Bertz CT molecular complexity index is 404. The molecule has 6 nitrogen and oxygen atoms in total. The maximum Gasteiger partial charge on any atom is 0.279 e. The number of hydrogen-bond acceptors (Lipinski definition) is 4. The summed E-state index contributed by atoms with van der Waals surface area (Å²) in [5.74, 6) is 0.343. The van der Waals surface area contributed by atoms with Gasteiger partial charge in [-0.2, -0.15) is 17.4 Å². The van der Waals surface area contributed by atoms with Gasteiger partial charge in [0.15, 0.2) is 0 Å². The number of rotatable bonds is 3. The van der Waals surface area contributed by atoms with E-state index < -0.39 is 10.2 Å². The van der Waals surface area contributed by atoms with Gasteiger partial charge in [0.05, 0.1) is 12.2 Å². The largest absolute Gasteiger partial charge is 0.373 e. The van der Waals surface area contributed by atoms with Crippen LogP contribution in [0.25, 0.3) is 0 Å². The van der Waals surface area contributed by atoms with Crippen molar-refractivity contribution in [2.45, 2.75) is 39.0 Å². The molecule has 2 fully saturated rings. The molecule has 2 heterocycles. The first-order valence-electron chi connectivity index (χ1n) is 6.89. The number of hydrogen-bond donors (Lipinski definition) is 1. The van der Waals surface area contributed by atoms with Crippen molar-refractivity contribution in [3.05, 3.63) is 0 Å². The number of ether oxygens (including phenoxy) is 1. The predicted molar refractivity (Wildman–Crippen MR) is 74.1 cm³/mol. The Morgan fingerprint density at radius 1 is 1.05 bits per heavy atom. The number of nitrogens with one attached hydrogen (secondary N) is 1. The minimum absolute atomic E-state index is 0.00320. The van der Waals surface area contributed by atoms with Crippen molar-refractivity contribution in [2.24, 2.45) is 5.92 Å². The van der Waals surface area contributed by atoms with E-state index in [-0.39, 0.29) is 18.2 Å². The summed E-state index contributed by atoms with van der Waals surface area (Å²) in [6.45, 7) is 8.46. The minimum Gasteiger partial charge on any atom is -0.373 e. The fourth-order valence-electron chi connectivity index (χ4n) is 2.96. The molecule has 0 unspecified atom stereocenters. The predicted octanol–water partition coefficient (Wildman–Crippen LogP) is -0.120. The average Bonchev–Trinajstić information content (AvgIpc) is 2.55. The molecular formula is C12H25N3O3S. The topological polar surface area (TPSA) is 61.9 Å². The van der Waals surface area contributed by atoms with Crippen molar-refractivity contribution < 1.29 is 13.2 Å². The van der Waals surface area contributed by atoms with E-state index in [0.29, 0.717) is 19.0 Å². The van der Waals surface area contributed by atoms with Crippen molar-refractivity contribution in [3.8, 4) is 0 Å². The standard InChI is InChI=1S/C12H25N3O3S/c1-9-5-14(4)8-12(9)13-19(16,17)15-6-10(2)18-11(3)7-15/h9-13H,5-8H2,1-4H3/t9-,10-,11+,12-/m1/s1. The summed E-state index contributed by atoms with van der Waals surface area (Å²) in [6, 6.07) is 0.00320. The molecule has 7 heteroatoms. The summed E-state index contributed by atoms with van der Waals surface area (Å²) in [5, 5.41) is 0. The Morgan fingerprint density at radius 3 is 2.11 bits per heavy atom. The van der Waals surface area contributed by atoms with Gasteiger partial charge in [0.1, 0.15) is 0 Å². The molecule has 19 heavy (non-hydrogen) atoms. The van der Waals surface area contributed by atoms with Crippen molar-refractivity contribution >= 4 is 10.2 Å². The quantitative estimate of drug-likeness (QED) is 0.787. The highest BCUT2D eigenvalue weighted by Gasteiger charge is 2.36. The molecule has 0 aromatic heterocycles.